The van der Waals surface area contributed by atoms with Crippen LogP contribution in [0, 0.1) is 10.1 Å². The summed E-state index contributed by atoms with van der Waals surface area (Å²) in [4.78, 5) is 28.9. The molecule has 1 aromatic heterocycles. The minimum Gasteiger partial charge on any atom is -0.306 e. The van der Waals surface area contributed by atoms with E-state index in [9.17, 15) is 14.9 Å². The number of para-hydroxylation sites is 1. The van der Waals surface area contributed by atoms with E-state index in [2.05, 4.69) is 4.98 Å². The van der Waals surface area contributed by atoms with Crippen molar-refractivity contribution in [3.05, 3.63) is 100 Å². The van der Waals surface area contributed by atoms with Gasteiger partial charge in [0.25, 0.3) is 5.69 Å². The van der Waals surface area contributed by atoms with E-state index < -0.39 is 4.92 Å². The lowest BCUT2D eigenvalue weighted by Crippen LogP contribution is -2.32. The second kappa shape index (κ2) is 8.02. The van der Waals surface area contributed by atoms with Crippen molar-refractivity contribution in [2.45, 2.75) is 13.0 Å². The van der Waals surface area contributed by atoms with Crippen molar-refractivity contribution in [2.24, 2.45) is 0 Å². The van der Waals surface area contributed by atoms with Crippen LogP contribution in [0.3, 0.4) is 0 Å². The van der Waals surface area contributed by atoms with E-state index in [1.165, 1.54) is 12.3 Å². The topological polar surface area (TPSA) is 76.3 Å². The number of nitrogens with zero attached hydrogens (tertiary/aromatic N) is 3. The maximum absolute atomic E-state index is 12.9. The largest absolute Gasteiger partial charge is 0.306 e. The zero-order valence-electron chi connectivity index (χ0n) is 14.0. The Morgan fingerprint density at radius 3 is 2.19 bits per heavy atom. The first-order valence-electron chi connectivity index (χ1n) is 8.12. The van der Waals surface area contributed by atoms with Gasteiger partial charge < -0.3 is 4.90 Å². The Hall–Kier alpha value is -3.54. The minimum absolute atomic E-state index is 0.0671. The van der Waals surface area contributed by atoms with E-state index in [1.54, 1.807) is 11.0 Å². The minimum atomic E-state index is -0.494. The molecule has 0 N–H and O–H groups in total. The summed E-state index contributed by atoms with van der Waals surface area (Å²) in [5, 5.41) is 10.8. The molecule has 0 aliphatic rings. The summed E-state index contributed by atoms with van der Waals surface area (Å²) in [6.45, 7) is 0.244. The van der Waals surface area contributed by atoms with Gasteiger partial charge in [0, 0.05) is 11.8 Å². The Bertz CT molecular complexity index is 881. The molecule has 3 aromatic rings. The molecule has 0 spiro atoms. The molecule has 0 saturated carbocycles. The lowest BCUT2D eigenvalue weighted by molar-refractivity contribution is -0.385. The van der Waals surface area contributed by atoms with Crippen LogP contribution in [0.25, 0.3) is 0 Å². The average molecular weight is 347 g/mol. The van der Waals surface area contributed by atoms with E-state index in [-0.39, 0.29) is 24.6 Å². The summed E-state index contributed by atoms with van der Waals surface area (Å²) < 4.78 is 0. The zero-order valence-corrected chi connectivity index (χ0v) is 14.0. The number of aromatic nitrogens is 1. The fourth-order valence-electron chi connectivity index (χ4n) is 2.58. The van der Waals surface area contributed by atoms with Crippen molar-refractivity contribution in [3.8, 4) is 0 Å². The number of hydrogen-bond donors (Lipinski definition) is 0. The molecule has 26 heavy (non-hydrogen) atoms. The van der Waals surface area contributed by atoms with Gasteiger partial charge in [-0.15, -0.1) is 0 Å². The van der Waals surface area contributed by atoms with Gasteiger partial charge in [-0.05, 0) is 23.8 Å². The van der Waals surface area contributed by atoms with Crippen LogP contribution in [0.5, 0.6) is 0 Å². The van der Waals surface area contributed by atoms with Gasteiger partial charge in [0.2, 0.25) is 5.91 Å². The Labute approximate surface area is 150 Å². The van der Waals surface area contributed by atoms with Crippen LogP contribution in [-0.2, 0) is 17.8 Å². The van der Waals surface area contributed by atoms with Gasteiger partial charge in [-0.2, -0.15) is 0 Å². The second-order valence-corrected chi connectivity index (χ2v) is 5.74. The van der Waals surface area contributed by atoms with Crippen LogP contribution < -0.4 is 4.90 Å². The molecule has 0 aliphatic heterocycles. The number of amides is 1. The number of rotatable bonds is 6. The van der Waals surface area contributed by atoms with Gasteiger partial charge in [-0.25, -0.2) is 0 Å². The molecule has 0 atom stereocenters. The highest BCUT2D eigenvalue weighted by molar-refractivity contribution is 5.94. The molecule has 1 heterocycles. The van der Waals surface area contributed by atoms with E-state index >= 15 is 0 Å². The Morgan fingerprint density at radius 1 is 0.962 bits per heavy atom. The normalized spacial score (nSPS) is 10.3. The molecule has 2 aromatic carbocycles. The van der Waals surface area contributed by atoms with Crippen molar-refractivity contribution in [3.63, 3.8) is 0 Å². The molecule has 0 saturated heterocycles. The first-order valence-corrected chi connectivity index (χ1v) is 8.12. The van der Waals surface area contributed by atoms with Gasteiger partial charge in [-0.3, -0.25) is 19.9 Å². The van der Waals surface area contributed by atoms with Gasteiger partial charge >= 0.3 is 0 Å². The molecule has 130 valence electrons. The Morgan fingerprint density at radius 2 is 1.62 bits per heavy atom. The van der Waals surface area contributed by atoms with E-state index in [4.69, 9.17) is 0 Å². The summed E-state index contributed by atoms with van der Waals surface area (Å²) >= 11 is 0. The molecule has 1 amide bonds. The summed E-state index contributed by atoms with van der Waals surface area (Å²) in [5.41, 5.74) is 2.19. The van der Waals surface area contributed by atoms with Crippen LogP contribution in [-0.4, -0.2) is 15.8 Å². The molecule has 0 aliphatic carbocycles. The maximum atomic E-state index is 12.9. The lowest BCUT2D eigenvalue weighted by atomic mass is 10.1. The van der Waals surface area contributed by atoms with Crippen LogP contribution in [0.4, 0.5) is 11.4 Å². The first kappa shape index (κ1) is 17.3. The Balaban J connectivity index is 1.84. The summed E-state index contributed by atoms with van der Waals surface area (Å²) in [6.07, 6.45) is 1.48. The van der Waals surface area contributed by atoms with Crippen molar-refractivity contribution in [1.29, 1.82) is 0 Å². The molecule has 0 radical (unpaired) electrons. The second-order valence-electron chi connectivity index (χ2n) is 5.74. The van der Waals surface area contributed by atoms with Crippen LogP contribution in [0.1, 0.15) is 11.3 Å². The molecule has 3 rings (SSSR count). The van der Waals surface area contributed by atoms with E-state index in [0.717, 1.165) is 11.3 Å². The highest BCUT2D eigenvalue weighted by atomic mass is 16.6. The average Bonchev–Trinajstić information content (AvgIpc) is 2.68. The molecular weight excluding hydrogens is 330 g/mol. The van der Waals surface area contributed by atoms with Crippen LogP contribution in [0.15, 0.2) is 79.0 Å². The Kier molecular flexibility index (Phi) is 5.34. The van der Waals surface area contributed by atoms with Crippen molar-refractivity contribution >= 4 is 17.3 Å². The van der Waals surface area contributed by atoms with Crippen molar-refractivity contribution in [1.82, 2.24) is 4.98 Å². The smallest absolute Gasteiger partial charge is 0.287 e. The molecule has 0 fully saturated rings. The number of carbonyl (C=O) groups is 1. The quantitative estimate of drug-likeness (QED) is 0.502. The van der Waals surface area contributed by atoms with Gasteiger partial charge in [0.1, 0.15) is 6.20 Å². The molecule has 0 bridgehead atoms. The third-order valence-corrected chi connectivity index (χ3v) is 3.91. The summed E-state index contributed by atoms with van der Waals surface area (Å²) in [6, 6.07) is 21.8. The number of carbonyl (C=O) groups excluding carboxylic acids is 1. The summed E-state index contributed by atoms with van der Waals surface area (Å²) in [7, 11) is 0. The number of hydrogen-bond acceptors (Lipinski definition) is 4. The molecule has 6 heteroatoms. The third kappa shape index (κ3) is 4.30. The summed E-state index contributed by atoms with van der Waals surface area (Å²) in [5.74, 6) is -0.0671. The predicted octanol–water partition coefficient (Wildman–Crippen LogP) is 3.77. The number of benzene rings is 2. The third-order valence-electron chi connectivity index (χ3n) is 3.91. The van der Waals surface area contributed by atoms with E-state index in [1.807, 2.05) is 60.7 Å². The fraction of sp³-hybridized carbons (Fsp3) is 0.100. The van der Waals surface area contributed by atoms with Crippen molar-refractivity contribution < 1.29 is 9.72 Å². The number of pyridine rings is 1. The molecule has 6 nitrogen and oxygen atoms in total. The monoisotopic (exact) mass is 347 g/mol. The first-order chi connectivity index (χ1) is 12.6. The highest BCUT2D eigenvalue weighted by Gasteiger charge is 2.18. The van der Waals surface area contributed by atoms with E-state index in [0.29, 0.717) is 5.69 Å². The van der Waals surface area contributed by atoms with Crippen molar-refractivity contribution in [2.75, 3.05) is 4.90 Å². The highest BCUT2D eigenvalue weighted by Crippen LogP contribution is 2.19. The SMILES string of the molecule is O=C(Cc1ccccc1)N(Cc1ccc([N+](=O)[O-])cn1)c1ccccc1. The van der Waals surface area contributed by atoms with Gasteiger partial charge in [0.05, 0.1) is 23.6 Å². The standard InChI is InChI=1S/C20H17N3O3/c24-20(13-16-7-3-1-4-8-16)22(18-9-5-2-6-10-18)15-17-11-12-19(14-21-17)23(25)26/h1-12,14H,13,15H2. The zero-order chi connectivity index (χ0) is 18.4. The maximum Gasteiger partial charge on any atom is 0.287 e. The molecule has 0 unspecified atom stereocenters. The van der Waals surface area contributed by atoms with Crippen LogP contribution >= 0.6 is 0 Å². The number of anilines is 1. The lowest BCUT2D eigenvalue weighted by Gasteiger charge is -2.22. The van der Waals surface area contributed by atoms with Crippen LogP contribution in [0.2, 0.25) is 0 Å². The number of nitro groups is 1. The predicted molar refractivity (Wildman–Crippen MR) is 98.7 cm³/mol. The van der Waals surface area contributed by atoms with Gasteiger partial charge in [-0.1, -0.05) is 48.5 Å². The van der Waals surface area contributed by atoms with Gasteiger partial charge in [0.15, 0.2) is 0 Å². The molecular formula is C20H17N3O3. The fourth-order valence-corrected chi connectivity index (χ4v) is 2.58.